The molecule has 3 aliphatic rings. The van der Waals surface area contributed by atoms with Crippen molar-refractivity contribution in [3.63, 3.8) is 0 Å². The number of imide groups is 1. The molecule has 1 aliphatic carbocycles. The fraction of sp³-hybridized carbons (Fsp3) is 0.778. The van der Waals surface area contributed by atoms with Crippen molar-refractivity contribution in [3.8, 4) is 0 Å². The average Bonchev–Trinajstić information content (AvgIpc) is 2.84. The molecule has 0 aromatic rings. The zero-order valence-corrected chi connectivity index (χ0v) is 15.3. The maximum absolute atomic E-state index is 12.6. The molecule has 2 saturated heterocycles. The van der Waals surface area contributed by atoms with Crippen molar-refractivity contribution in [2.75, 3.05) is 26.2 Å². The van der Waals surface area contributed by atoms with E-state index in [9.17, 15) is 19.2 Å². The van der Waals surface area contributed by atoms with Crippen molar-refractivity contribution in [1.29, 1.82) is 0 Å². The van der Waals surface area contributed by atoms with Gasteiger partial charge in [0.2, 0.25) is 0 Å². The van der Waals surface area contributed by atoms with E-state index in [2.05, 4.69) is 12.2 Å². The highest BCUT2D eigenvalue weighted by Gasteiger charge is 2.51. The van der Waals surface area contributed by atoms with Gasteiger partial charge in [-0.25, -0.2) is 4.79 Å². The molecule has 8 nitrogen and oxygen atoms in total. The Morgan fingerprint density at radius 3 is 2.62 bits per heavy atom. The van der Waals surface area contributed by atoms with Crippen LogP contribution in [0.1, 0.15) is 51.9 Å². The van der Waals surface area contributed by atoms with Crippen molar-refractivity contribution in [3.05, 3.63) is 0 Å². The number of esters is 1. The second-order valence-electron chi connectivity index (χ2n) is 7.71. The van der Waals surface area contributed by atoms with Crippen molar-refractivity contribution in [1.82, 2.24) is 15.1 Å². The van der Waals surface area contributed by atoms with Gasteiger partial charge >= 0.3 is 12.0 Å². The van der Waals surface area contributed by atoms with E-state index in [1.807, 2.05) is 0 Å². The molecular weight excluding hydrogens is 338 g/mol. The van der Waals surface area contributed by atoms with Crippen molar-refractivity contribution in [2.24, 2.45) is 5.92 Å². The zero-order valence-electron chi connectivity index (χ0n) is 15.3. The Hall–Kier alpha value is -2.12. The smallest absolute Gasteiger partial charge is 0.326 e. The molecule has 2 aliphatic heterocycles. The lowest BCUT2D eigenvalue weighted by Gasteiger charge is -2.31. The first kappa shape index (κ1) is 18.7. The summed E-state index contributed by atoms with van der Waals surface area (Å²) in [5.74, 6) is -0.873. The van der Waals surface area contributed by atoms with Crippen molar-refractivity contribution >= 4 is 23.8 Å². The van der Waals surface area contributed by atoms with E-state index in [0.717, 1.165) is 37.0 Å². The van der Waals surface area contributed by atoms with Crippen LogP contribution in [-0.4, -0.2) is 65.4 Å². The summed E-state index contributed by atoms with van der Waals surface area (Å²) >= 11 is 0. The third-order valence-corrected chi connectivity index (χ3v) is 5.61. The van der Waals surface area contributed by atoms with Crippen LogP contribution in [0.5, 0.6) is 0 Å². The first-order valence-corrected chi connectivity index (χ1v) is 9.49. The Balaban J connectivity index is 1.49. The molecule has 144 valence electrons. The molecule has 26 heavy (non-hydrogen) atoms. The van der Waals surface area contributed by atoms with Crippen LogP contribution in [0.25, 0.3) is 0 Å². The Labute approximate surface area is 153 Å². The maximum atomic E-state index is 12.6. The zero-order chi connectivity index (χ0) is 18.7. The topological polar surface area (TPSA) is 96.0 Å². The average molecular weight is 365 g/mol. The minimum atomic E-state index is -0.852. The molecule has 0 bridgehead atoms. The Bertz CT molecular complexity index is 600. The van der Waals surface area contributed by atoms with E-state index < -0.39 is 24.1 Å². The van der Waals surface area contributed by atoms with Gasteiger partial charge in [-0.3, -0.25) is 19.3 Å². The van der Waals surface area contributed by atoms with Gasteiger partial charge in [0, 0.05) is 13.1 Å². The molecule has 1 atom stereocenters. The summed E-state index contributed by atoms with van der Waals surface area (Å²) in [6.07, 6.45) is 6.07. The number of hydrogen-bond donors (Lipinski definition) is 1. The van der Waals surface area contributed by atoms with Crippen LogP contribution in [0.2, 0.25) is 0 Å². The lowest BCUT2D eigenvalue weighted by molar-refractivity contribution is -0.154. The van der Waals surface area contributed by atoms with Gasteiger partial charge in [0.05, 0.1) is 0 Å². The molecule has 1 N–H and O–H groups in total. The molecule has 2 heterocycles. The fourth-order valence-corrected chi connectivity index (χ4v) is 4.14. The third-order valence-electron chi connectivity index (χ3n) is 5.61. The van der Waals surface area contributed by atoms with Gasteiger partial charge in [0.15, 0.2) is 6.61 Å². The molecule has 0 radical (unpaired) electrons. The molecule has 1 saturated carbocycles. The van der Waals surface area contributed by atoms with Gasteiger partial charge in [0.1, 0.15) is 12.1 Å². The summed E-state index contributed by atoms with van der Waals surface area (Å²) in [6, 6.07) is -0.551. The Morgan fingerprint density at radius 2 is 1.92 bits per heavy atom. The molecule has 0 aromatic carbocycles. The number of hydrogen-bond acceptors (Lipinski definition) is 5. The lowest BCUT2D eigenvalue weighted by Crippen LogP contribution is -2.48. The highest BCUT2D eigenvalue weighted by molar-refractivity contribution is 6.08. The quantitative estimate of drug-likeness (QED) is 0.593. The standard InChI is InChI=1S/C18H27N3O5/c1-13-6-5-9-20(10-13)14(22)12-26-15(23)11-21-16(24)18(19-17(21)25)7-3-2-4-8-18/h13H,2-12H2,1H3,(H,19,25). The van der Waals surface area contributed by atoms with Gasteiger partial charge in [-0.05, 0) is 31.6 Å². The highest BCUT2D eigenvalue weighted by atomic mass is 16.5. The number of urea groups is 1. The van der Waals surface area contributed by atoms with Crippen LogP contribution in [0.3, 0.4) is 0 Å². The summed E-state index contributed by atoms with van der Waals surface area (Å²) in [6.45, 7) is 2.64. The number of carbonyl (C=O) groups excluding carboxylic acids is 4. The molecular formula is C18H27N3O5. The normalized spacial score (nSPS) is 25.3. The number of nitrogens with zero attached hydrogens (tertiary/aromatic N) is 2. The number of carbonyl (C=O) groups is 4. The second-order valence-corrected chi connectivity index (χ2v) is 7.71. The molecule has 1 unspecified atom stereocenters. The molecule has 0 aromatic heterocycles. The van der Waals surface area contributed by atoms with E-state index in [1.165, 1.54) is 0 Å². The fourth-order valence-electron chi connectivity index (χ4n) is 4.14. The highest BCUT2D eigenvalue weighted by Crippen LogP contribution is 2.33. The number of piperidine rings is 1. The van der Waals surface area contributed by atoms with Crippen LogP contribution in [-0.2, 0) is 19.1 Å². The van der Waals surface area contributed by atoms with E-state index >= 15 is 0 Å². The Kier molecular flexibility index (Phi) is 5.48. The van der Waals surface area contributed by atoms with Crippen LogP contribution < -0.4 is 5.32 Å². The monoisotopic (exact) mass is 365 g/mol. The van der Waals surface area contributed by atoms with Gasteiger partial charge in [-0.1, -0.05) is 26.2 Å². The van der Waals surface area contributed by atoms with Crippen LogP contribution in [0.4, 0.5) is 4.79 Å². The predicted molar refractivity (Wildman–Crippen MR) is 92.0 cm³/mol. The van der Waals surface area contributed by atoms with Crippen molar-refractivity contribution in [2.45, 2.75) is 57.4 Å². The van der Waals surface area contributed by atoms with Crippen molar-refractivity contribution < 1.29 is 23.9 Å². The summed E-state index contributed by atoms with van der Waals surface area (Å²) < 4.78 is 5.02. The molecule has 3 rings (SSSR count). The van der Waals surface area contributed by atoms with Gasteiger partial charge in [-0.15, -0.1) is 0 Å². The molecule has 4 amide bonds. The summed E-state index contributed by atoms with van der Waals surface area (Å²) in [5.41, 5.74) is -0.852. The largest absolute Gasteiger partial charge is 0.454 e. The predicted octanol–water partition coefficient (Wildman–Crippen LogP) is 1.04. The summed E-state index contributed by atoms with van der Waals surface area (Å²) in [5, 5.41) is 2.75. The Morgan fingerprint density at radius 1 is 1.19 bits per heavy atom. The third kappa shape index (κ3) is 3.83. The second kappa shape index (κ2) is 7.63. The van der Waals surface area contributed by atoms with Gasteiger partial charge in [0.25, 0.3) is 11.8 Å². The molecule has 3 fully saturated rings. The first-order valence-electron chi connectivity index (χ1n) is 9.49. The molecule has 1 spiro atoms. The van der Waals surface area contributed by atoms with E-state index in [0.29, 0.717) is 31.8 Å². The van der Waals surface area contributed by atoms with Gasteiger partial charge < -0.3 is 15.0 Å². The SMILES string of the molecule is CC1CCCN(C(=O)COC(=O)CN2C(=O)NC3(CCCCC3)C2=O)C1. The van der Waals surface area contributed by atoms with Gasteiger partial charge in [-0.2, -0.15) is 0 Å². The number of likely N-dealkylation sites (tertiary alicyclic amines) is 1. The summed E-state index contributed by atoms with van der Waals surface area (Å²) in [4.78, 5) is 51.5. The van der Waals surface area contributed by atoms with E-state index in [-0.39, 0.29) is 18.4 Å². The number of amides is 4. The van der Waals surface area contributed by atoms with Crippen LogP contribution in [0.15, 0.2) is 0 Å². The molecule has 8 heteroatoms. The maximum Gasteiger partial charge on any atom is 0.326 e. The minimum absolute atomic E-state index is 0.231. The lowest BCUT2D eigenvalue weighted by atomic mass is 9.82. The number of nitrogens with one attached hydrogen (secondary N) is 1. The van der Waals surface area contributed by atoms with Crippen LogP contribution in [0, 0.1) is 5.92 Å². The summed E-state index contributed by atoms with van der Waals surface area (Å²) in [7, 11) is 0. The van der Waals surface area contributed by atoms with E-state index in [1.54, 1.807) is 4.90 Å². The number of ether oxygens (including phenoxy) is 1. The van der Waals surface area contributed by atoms with Crippen LogP contribution >= 0.6 is 0 Å². The minimum Gasteiger partial charge on any atom is -0.454 e. The number of rotatable bonds is 4. The van der Waals surface area contributed by atoms with E-state index in [4.69, 9.17) is 4.74 Å². The first-order chi connectivity index (χ1) is 12.4.